The maximum atomic E-state index is 11.4. The molecule has 1 aliphatic rings. The highest BCUT2D eigenvalue weighted by atomic mass is 79.9. The van der Waals surface area contributed by atoms with Crippen LogP contribution in [0.2, 0.25) is 0 Å². The molecule has 1 atom stereocenters. The van der Waals surface area contributed by atoms with Gasteiger partial charge in [0.05, 0.1) is 24.3 Å². The van der Waals surface area contributed by atoms with E-state index in [0.717, 1.165) is 21.5 Å². The minimum Gasteiger partial charge on any atom is -0.495 e. The molecule has 0 spiro atoms. The second-order valence-electron chi connectivity index (χ2n) is 4.54. The first-order valence-corrected chi connectivity index (χ1v) is 8.34. The van der Waals surface area contributed by atoms with Crippen LogP contribution in [0.4, 0.5) is 5.69 Å². The zero-order chi connectivity index (χ0) is 13.3. The average molecular weight is 334 g/mol. The van der Waals surface area contributed by atoms with Crippen molar-refractivity contribution in [3.8, 4) is 5.75 Å². The van der Waals surface area contributed by atoms with E-state index in [-0.39, 0.29) is 17.5 Å². The number of benzene rings is 1. The number of methoxy groups -OCH3 is 1. The summed E-state index contributed by atoms with van der Waals surface area (Å²) in [4.78, 5) is 0. The molecule has 18 heavy (non-hydrogen) atoms. The minimum absolute atomic E-state index is 0.0243. The van der Waals surface area contributed by atoms with E-state index in [1.165, 1.54) is 0 Å². The Bertz CT molecular complexity index is 557. The highest BCUT2D eigenvalue weighted by Gasteiger charge is 2.28. The van der Waals surface area contributed by atoms with Crippen LogP contribution < -0.4 is 10.1 Å². The molecule has 1 N–H and O–H groups in total. The summed E-state index contributed by atoms with van der Waals surface area (Å²) in [6.45, 7) is 1.97. The van der Waals surface area contributed by atoms with Crippen molar-refractivity contribution in [1.82, 2.24) is 0 Å². The van der Waals surface area contributed by atoms with Gasteiger partial charge in [-0.05, 0) is 31.0 Å². The number of rotatable bonds is 3. The summed E-state index contributed by atoms with van der Waals surface area (Å²) < 4.78 is 29.2. The van der Waals surface area contributed by atoms with Gasteiger partial charge < -0.3 is 10.1 Å². The van der Waals surface area contributed by atoms with Crippen LogP contribution in [0.15, 0.2) is 16.6 Å². The Morgan fingerprint density at radius 3 is 2.72 bits per heavy atom. The molecule has 100 valence electrons. The minimum atomic E-state index is -2.87. The lowest BCUT2D eigenvalue weighted by atomic mass is 10.1. The molecule has 2 rings (SSSR count). The van der Waals surface area contributed by atoms with Gasteiger partial charge in [0, 0.05) is 10.5 Å². The molecular formula is C12H16BrNO3S. The number of sulfone groups is 1. The van der Waals surface area contributed by atoms with Crippen LogP contribution in [0, 0.1) is 6.92 Å². The molecule has 1 fully saturated rings. The molecule has 1 saturated heterocycles. The van der Waals surface area contributed by atoms with E-state index in [1.54, 1.807) is 7.11 Å². The van der Waals surface area contributed by atoms with Crippen LogP contribution >= 0.6 is 15.9 Å². The molecule has 0 saturated carbocycles. The van der Waals surface area contributed by atoms with Gasteiger partial charge in [-0.25, -0.2) is 8.42 Å². The van der Waals surface area contributed by atoms with Crippen LogP contribution in [-0.4, -0.2) is 33.1 Å². The van der Waals surface area contributed by atoms with Crippen LogP contribution in [0.1, 0.15) is 12.0 Å². The number of anilines is 1. The Hall–Kier alpha value is -0.750. The fraction of sp³-hybridized carbons (Fsp3) is 0.500. The van der Waals surface area contributed by atoms with Crippen molar-refractivity contribution >= 4 is 31.5 Å². The summed E-state index contributed by atoms with van der Waals surface area (Å²) in [6.07, 6.45) is 0.654. The Morgan fingerprint density at radius 1 is 1.44 bits per heavy atom. The van der Waals surface area contributed by atoms with Gasteiger partial charge in [0.1, 0.15) is 5.75 Å². The summed E-state index contributed by atoms with van der Waals surface area (Å²) in [5.41, 5.74) is 1.91. The monoisotopic (exact) mass is 333 g/mol. The molecule has 1 unspecified atom stereocenters. The topological polar surface area (TPSA) is 55.4 Å². The molecule has 0 amide bonds. The molecule has 1 aliphatic heterocycles. The summed E-state index contributed by atoms with van der Waals surface area (Å²) >= 11 is 3.42. The summed E-state index contributed by atoms with van der Waals surface area (Å²) in [6, 6.07) is 3.83. The van der Waals surface area contributed by atoms with Gasteiger partial charge in [-0.3, -0.25) is 0 Å². The summed E-state index contributed by atoms with van der Waals surface area (Å²) in [5.74, 6) is 1.19. The Kier molecular flexibility index (Phi) is 3.87. The van der Waals surface area contributed by atoms with Crippen molar-refractivity contribution in [3.63, 3.8) is 0 Å². The fourth-order valence-corrected chi connectivity index (χ4v) is 4.40. The van der Waals surface area contributed by atoms with E-state index >= 15 is 0 Å². The third kappa shape index (κ3) is 2.98. The number of hydrogen-bond donors (Lipinski definition) is 1. The molecule has 1 heterocycles. The molecule has 1 aromatic carbocycles. The molecule has 1 aromatic rings. The standard InChI is InChI=1S/C12H16BrNO3S/c1-8-5-9(13)6-11(17-2)12(8)14-10-3-4-18(15,16)7-10/h5-6,10,14H,3-4,7H2,1-2H3. The number of aryl methyl sites for hydroxylation is 1. The first kappa shape index (κ1) is 13.7. The zero-order valence-electron chi connectivity index (χ0n) is 10.4. The van der Waals surface area contributed by atoms with Crippen LogP contribution in [0.3, 0.4) is 0 Å². The Morgan fingerprint density at radius 2 is 2.17 bits per heavy atom. The van der Waals surface area contributed by atoms with Crippen molar-refractivity contribution in [1.29, 1.82) is 0 Å². The number of halogens is 1. The smallest absolute Gasteiger partial charge is 0.152 e. The van der Waals surface area contributed by atoms with Crippen LogP contribution in [0.5, 0.6) is 5.75 Å². The third-order valence-corrected chi connectivity index (χ3v) is 5.29. The molecule has 4 nitrogen and oxygen atoms in total. The van der Waals surface area contributed by atoms with E-state index < -0.39 is 9.84 Å². The number of ether oxygens (including phenoxy) is 1. The third-order valence-electron chi connectivity index (χ3n) is 3.06. The van der Waals surface area contributed by atoms with Crippen LogP contribution in [0.25, 0.3) is 0 Å². The SMILES string of the molecule is COc1cc(Br)cc(C)c1NC1CCS(=O)(=O)C1. The van der Waals surface area contributed by atoms with E-state index in [4.69, 9.17) is 4.74 Å². The van der Waals surface area contributed by atoms with Crippen molar-refractivity contribution in [2.75, 3.05) is 23.9 Å². The van der Waals surface area contributed by atoms with Crippen molar-refractivity contribution in [2.24, 2.45) is 0 Å². The quantitative estimate of drug-likeness (QED) is 0.922. The Labute approximate surface area is 116 Å². The largest absolute Gasteiger partial charge is 0.495 e. The van der Waals surface area contributed by atoms with Crippen molar-refractivity contribution < 1.29 is 13.2 Å². The molecule has 0 radical (unpaired) electrons. The van der Waals surface area contributed by atoms with E-state index in [0.29, 0.717) is 6.42 Å². The van der Waals surface area contributed by atoms with Gasteiger partial charge in [-0.2, -0.15) is 0 Å². The molecule has 0 aromatic heterocycles. The van der Waals surface area contributed by atoms with Gasteiger partial charge in [0.2, 0.25) is 0 Å². The lowest BCUT2D eigenvalue weighted by molar-refractivity contribution is 0.415. The lowest BCUT2D eigenvalue weighted by Gasteiger charge is -2.18. The van der Waals surface area contributed by atoms with Crippen molar-refractivity contribution in [3.05, 3.63) is 22.2 Å². The highest BCUT2D eigenvalue weighted by molar-refractivity contribution is 9.10. The molecule has 6 heteroatoms. The molecular weight excluding hydrogens is 318 g/mol. The predicted molar refractivity (Wildman–Crippen MR) is 76.1 cm³/mol. The Balaban J connectivity index is 2.24. The van der Waals surface area contributed by atoms with Gasteiger partial charge >= 0.3 is 0 Å². The van der Waals surface area contributed by atoms with E-state index in [2.05, 4.69) is 21.2 Å². The second-order valence-corrected chi connectivity index (χ2v) is 7.69. The summed E-state index contributed by atoms with van der Waals surface area (Å²) in [5, 5.41) is 3.29. The number of hydrogen-bond acceptors (Lipinski definition) is 4. The normalized spacial score (nSPS) is 21.8. The number of nitrogens with one attached hydrogen (secondary N) is 1. The first-order valence-electron chi connectivity index (χ1n) is 5.72. The first-order chi connectivity index (χ1) is 8.41. The van der Waals surface area contributed by atoms with Gasteiger partial charge in [-0.15, -0.1) is 0 Å². The average Bonchev–Trinajstić information content (AvgIpc) is 2.61. The predicted octanol–water partition coefficient (Wildman–Crippen LogP) is 2.37. The zero-order valence-corrected chi connectivity index (χ0v) is 12.8. The van der Waals surface area contributed by atoms with Crippen molar-refractivity contribution in [2.45, 2.75) is 19.4 Å². The maximum absolute atomic E-state index is 11.4. The van der Waals surface area contributed by atoms with Gasteiger partial charge in [0.15, 0.2) is 9.84 Å². The van der Waals surface area contributed by atoms with Crippen LogP contribution in [-0.2, 0) is 9.84 Å². The van der Waals surface area contributed by atoms with Gasteiger partial charge in [-0.1, -0.05) is 15.9 Å². The fourth-order valence-electron chi connectivity index (χ4n) is 2.17. The van der Waals surface area contributed by atoms with E-state index in [1.807, 2.05) is 19.1 Å². The van der Waals surface area contributed by atoms with E-state index in [9.17, 15) is 8.42 Å². The maximum Gasteiger partial charge on any atom is 0.152 e. The summed E-state index contributed by atoms with van der Waals surface area (Å²) in [7, 11) is -1.26. The molecule has 0 aliphatic carbocycles. The molecule has 0 bridgehead atoms. The highest BCUT2D eigenvalue weighted by Crippen LogP contribution is 2.33. The lowest BCUT2D eigenvalue weighted by Crippen LogP contribution is -2.21. The van der Waals surface area contributed by atoms with Gasteiger partial charge in [0.25, 0.3) is 0 Å². The second kappa shape index (κ2) is 5.09.